The summed E-state index contributed by atoms with van der Waals surface area (Å²) in [7, 11) is 1.38. The van der Waals surface area contributed by atoms with E-state index in [2.05, 4.69) is 0 Å². The van der Waals surface area contributed by atoms with Gasteiger partial charge >= 0.3 is 5.97 Å². The first kappa shape index (κ1) is 14.1. The Kier molecular flexibility index (Phi) is 4.03. The minimum Gasteiger partial charge on any atom is -0.469 e. The summed E-state index contributed by atoms with van der Waals surface area (Å²) < 4.78 is 6.67. The molecule has 0 saturated heterocycles. The molecule has 1 heterocycles. The number of para-hydroxylation sites is 1. The molecule has 1 aromatic carbocycles. The predicted molar refractivity (Wildman–Crippen MR) is 78.4 cm³/mol. The number of hydrogen-bond donors (Lipinski definition) is 0. The van der Waals surface area contributed by atoms with Crippen molar-refractivity contribution in [2.24, 2.45) is 0 Å². The molecule has 0 aliphatic rings. The number of benzene rings is 1. The second kappa shape index (κ2) is 5.74. The summed E-state index contributed by atoms with van der Waals surface area (Å²) in [5.41, 5.74) is 2.84. The van der Waals surface area contributed by atoms with Crippen molar-refractivity contribution >= 4 is 28.9 Å². The molecule has 2 aromatic rings. The molecule has 4 heteroatoms. The predicted octanol–water partition coefficient (Wildman–Crippen LogP) is 2.72. The first-order valence-corrected chi connectivity index (χ1v) is 6.38. The second-order valence-electron chi connectivity index (χ2n) is 4.63. The van der Waals surface area contributed by atoms with Crippen LogP contribution in [0.3, 0.4) is 0 Å². The van der Waals surface area contributed by atoms with E-state index in [1.165, 1.54) is 20.1 Å². The normalized spacial score (nSPS) is 11.2. The Morgan fingerprint density at radius 3 is 2.65 bits per heavy atom. The number of methoxy groups -OCH3 is 1. The minimum absolute atomic E-state index is 0.0169. The zero-order valence-corrected chi connectivity index (χ0v) is 11.8. The maximum atomic E-state index is 11.5. The van der Waals surface area contributed by atoms with Crippen molar-refractivity contribution in [2.75, 3.05) is 7.11 Å². The van der Waals surface area contributed by atoms with Crippen molar-refractivity contribution in [3.63, 3.8) is 0 Å². The summed E-state index contributed by atoms with van der Waals surface area (Å²) in [5.74, 6) is -0.289. The third-order valence-corrected chi connectivity index (χ3v) is 3.29. The SMILES string of the molecule is COC(=O)Cc1c(C)n(/C=C/C(C)=O)c2ccccc12. The number of aromatic nitrogens is 1. The van der Waals surface area contributed by atoms with Gasteiger partial charge in [-0.15, -0.1) is 0 Å². The maximum Gasteiger partial charge on any atom is 0.310 e. The van der Waals surface area contributed by atoms with Crippen molar-refractivity contribution in [3.8, 4) is 0 Å². The monoisotopic (exact) mass is 271 g/mol. The molecule has 104 valence electrons. The molecule has 0 saturated carbocycles. The lowest BCUT2D eigenvalue weighted by Gasteiger charge is -2.02. The number of carbonyl (C=O) groups is 2. The highest BCUT2D eigenvalue weighted by molar-refractivity contribution is 5.93. The highest BCUT2D eigenvalue weighted by Crippen LogP contribution is 2.26. The van der Waals surface area contributed by atoms with Crippen LogP contribution in [-0.4, -0.2) is 23.4 Å². The number of ether oxygens (including phenoxy) is 1. The van der Waals surface area contributed by atoms with Crippen LogP contribution in [0, 0.1) is 6.92 Å². The fourth-order valence-electron chi connectivity index (χ4n) is 2.27. The quantitative estimate of drug-likeness (QED) is 0.634. The molecule has 0 aliphatic heterocycles. The summed E-state index contributed by atoms with van der Waals surface area (Å²) in [6.45, 7) is 3.44. The molecule has 0 fully saturated rings. The van der Waals surface area contributed by atoms with Gasteiger partial charge in [-0.2, -0.15) is 0 Å². The van der Waals surface area contributed by atoms with Gasteiger partial charge < -0.3 is 9.30 Å². The first-order valence-electron chi connectivity index (χ1n) is 6.38. The molecule has 0 N–H and O–H groups in total. The van der Waals surface area contributed by atoms with Crippen LogP contribution in [0.5, 0.6) is 0 Å². The van der Waals surface area contributed by atoms with Gasteiger partial charge in [-0.1, -0.05) is 18.2 Å². The van der Waals surface area contributed by atoms with Crippen LogP contribution < -0.4 is 0 Å². The highest BCUT2D eigenvalue weighted by Gasteiger charge is 2.15. The van der Waals surface area contributed by atoms with Crippen LogP contribution in [0.2, 0.25) is 0 Å². The van der Waals surface area contributed by atoms with Crippen LogP contribution >= 0.6 is 0 Å². The summed E-state index contributed by atoms with van der Waals surface area (Å²) >= 11 is 0. The van der Waals surface area contributed by atoms with E-state index < -0.39 is 0 Å². The Morgan fingerprint density at radius 1 is 1.30 bits per heavy atom. The molecular weight excluding hydrogens is 254 g/mol. The number of fused-ring (bicyclic) bond motifs is 1. The Hall–Kier alpha value is -2.36. The van der Waals surface area contributed by atoms with Crippen molar-refractivity contribution < 1.29 is 14.3 Å². The van der Waals surface area contributed by atoms with Crippen LogP contribution in [0.1, 0.15) is 18.2 Å². The Balaban J connectivity index is 2.61. The van der Waals surface area contributed by atoms with Crippen molar-refractivity contribution in [3.05, 3.63) is 41.6 Å². The van der Waals surface area contributed by atoms with E-state index in [0.29, 0.717) is 0 Å². The van der Waals surface area contributed by atoms with E-state index in [0.717, 1.165) is 22.2 Å². The number of carbonyl (C=O) groups excluding carboxylic acids is 2. The van der Waals surface area contributed by atoms with E-state index in [-0.39, 0.29) is 18.2 Å². The van der Waals surface area contributed by atoms with Gasteiger partial charge in [-0.25, -0.2) is 0 Å². The third-order valence-electron chi connectivity index (χ3n) is 3.29. The van der Waals surface area contributed by atoms with Gasteiger partial charge in [0.2, 0.25) is 0 Å². The number of rotatable bonds is 4. The van der Waals surface area contributed by atoms with Crippen LogP contribution in [-0.2, 0) is 20.7 Å². The molecule has 0 aliphatic carbocycles. The van der Waals surface area contributed by atoms with Crippen LogP contribution in [0.15, 0.2) is 30.3 Å². The number of esters is 1. The second-order valence-corrected chi connectivity index (χ2v) is 4.63. The maximum absolute atomic E-state index is 11.5. The fraction of sp³-hybridized carbons (Fsp3) is 0.250. The average molecular weight is 271 g/mol. The number of hydrogen-bond acceptors (Lipinski definition) is 3. The molecule has 2 rings (SSSR count). The largest absolute Gasteiger partial charge is 0.469 e. The van der Waals surface area contributed by atoms with Gasteiger partial charge in [-0.3, -0.25) is 9.59 Å². The summed E-state index contributed by atoms with van der Waals surface area (Å²) in [4.78, 5) is 22.7. The summed E-state index contributed by atoms with van der Waals surface area (Å²) in [6.07, 6.45) is 3.48. The van der Waals surface area contributed by atoms with E-state index in [4.69, 9.17) is 4.74 Å². The van der Waals surface area contributed by atoms with Gasteiger partial charge in [0, 0.05) is 17.3 Å². The molecule has 4 nitrogen and oxygen atoms in total. The van der Waals surface area contributed by atoms with Crippen LogP contribution in [0.4, 0.5) is 0 Å². The van der Waals surface area contributed by atoms with Gasteiger partial charge in [0.15, 0.2) is 5.78 Å². The summed E-state index contributed by atoms with van der Waals surface area (Å²) in [6, 6.07) is 7.80. The molecule has 0 atom stereocenters. The zero-order chi connectivity index (χ0) is 14.7. The molecule has 0 spiro atoms. The molecule has 0 bridgehead atoms. The Bertz CT molecular complexity index is 695. The first-order chi connectivity index (χ1) is 9.54. The van der Waals surface area contributed by atoms with Crippen molar-refractivity contribution in [1.82, 2.24) is 4.57 Å². The summed E-state index contributed by atoms with van der Waals surface area (Å²) in [5, 5.41) is 1.00. The van der Waals surface area contributed by atoms with Crippen molar-refractivity contribution in [2.45, 2.75) is 20.3 Å². The molecule has 0 unspecified atom stereocenters. The third kappa shape index (κ3) is 2.64. The van der Waals surface area contributed by atoms with Crippen LogP contribution in [0.25, 0.3) is 17.1 Å². The number of allylic oxidation sites excluding steroid dienone is 1. The molecular formula is C16H17NO3. The Labute approximate surface area is 117 Å². The van der Waals surface area contributed by atoms with E-state index >= 15 is 0 Å². The standard InChI is InChI=1S/C16H17NO3/c1-11(18)8-9-17-12(2)14(10-16(19)20-3)13-6-4-5-7-15(13)17/h4-9H,10H2,1-3H3/b9-8+. The van der Waals surface area contributed by atoms with Gasteiger partial charge in [0.1, 0.15) is 0 Å². The Morgan fingerprint density at radius 2 is 2.00 bits per heavy atom. The van der Waals surface area contributed by atoms with Gasteiger partial charge in [0.25, 0.3) is 0 Å². The highest BCUT2D eigenvalue weighted by atomic mass is 16.5. The van der Waals surface area contributed by atoms with Crippen molar-refractivity contribution in [1.29, 1.82) is 0 Å². The fourth-order valence-corrected chi connectivity index (χ4v) is 2.27. The zero-order valence-electron chi connectivity index (χ0n) is 11.8. The lowest BCUT2D eigenvalue weighted by Crippen LogP contribution is -2.05. The van der Waals surface area contributed by atoms with Gasteiger partial charge in [-0.05, 0) is 31.6 Å². The number of ketones is 1. The molecule has 1 aromatic heterocycles. The van der Waals surface area contributed by atoms with E-state index in [1.54, 1.807) is 6.20 Å². The van der Waals surface area contributed by atoms with E-state index in [9.17, 15) is 9.59 Å². The van der Waals surface area contributed by atoms with Gasteiger partial charge in [0.05, 0.1) is 19.0 Å². The lowest BCUT2D eigenvalue weighted by atomic mass is 10.1. The number of nitrogens with zero attached hydrogens (tertiary/aromatic N) is 1. The molecule has 0 amide bonds. The average Bonchev–Trinajstić information content (AvgIpc) is 2.69. The van der Waals surface area contributed by atoms with E-state index in [1.807, 2.05) is 35.8 Å². The lowest BCUT2D eigenvalue weighted by molar-refractivity contribution is -0.139. The molecule has 0 radical (unpaired) electrons. The molecule has 20 heavy (non-hydrogen) atoms. The smallest absolute Gasteiger partial charge is 0.310 e. The topological polar surface area (TPSA) is 48.3 Å². The minimum atomic E-state index is -0.272.